The normalized spacial score (nSPS) is 33.7. The van der Waals surface area contributed by atoms with E-state index in [1.807, 2.05) is 0 Å². The zero-order valence-electron chi connectivity index (χ0n) is 14.8. The third-order valence-corrected chi connectivity index (χ3v) is 6.12. The monoisotopic (exact) mass is 329 g/mol. The molecule has 0 bridgehead atoms. The zero-order valence-corrected chi connectivity index (χ0v) is 15.5. The van der Waals surface area contributed by atoms with E-state index in [0.717, 1.165) is 18.9 Å². The Labute approximate surface area is 142 Å². The van der Waals surface area contributed by atoms with Crippen LogP contribution in [0.3, 0.4) is 0 Å². The van der Waals surface area contributed by atoms with Crippen LogP contribution in [0.5, 0.6) is 0 Å². The van der Waals surface area contributed by atoms with Gasteiger partial charge in [-0.1, -0.05) is 13.8 Å². The number of halogens is 1. The molecule has 1 saturated carbocycles. The first-order chi connectivity index (χ1) is 10.6. The van der Waals surface area contributed by atoms with E-state index in [-0.39, 0.29) is 0 Å². The van der Waals surface area contributed by atoms with Crippen molar-refractivity contribution in [3.05, 3.63) is 0 Å². The van der Waals surface area contributed by atoms with Crippen LogP contribution < -0.4 is 10.6 Å². The number of hydrogen-bond donors (Lipinski definition) is 2. The molecule has 4 heteroatoms. The number of alkyl halides is 1. The molecule has 2 N–H and O–H groups in total. The van der Waals surface area contributed by atoms with Crippen LogP contribution in [0.4, 0.5) is 0 Å². The number of rotatable bonds is 8. The second kappa shape index (κ2) is 9.46. The van der Waals surface area contributed by atoms with Gasteiger partial charge in [0.1, 0.15) is 0 Å². The van der Waals surface area contributed by atoms with Crippen LogP contribution in [0.1, 0.15) is 59.3 Å². The van der Waals surface area contributed by atoms with Crippen LogP contribution in [0, 0.1) is 5.92 Å². The van der Waals surface area contributed by atoms with E-state index in [4.69, 9.17) is 11.6 Å². The van der Waals surface area contributed by atoms with Gasteiger partial charge in [-0.05, 0) is 77.5 Å². The lowest BCUT2D eigenvalue weighted by atomic mass is 9.76. The van der Waals surface area contributed by atoms with E-state index in [0.29, 0.717) is 23.5 Å². The molecule has 2 fully saturated rings. The molecule has 5 atom stereocenters. The Balaban J connectivity index is 1.72. The van der Waals surface area contributed by atoms with Crippen molar-refractivity contribution in [3.63, 3.8) is 0 Å². The van der Waals surface area contributed by atoms with E-state index in [1.165, 1.54) is 51.7 Å². The molecule has 0 aromatic rings. The van der Waals surface area contributed by atoms with E-state index in [1.54, 1.807) is 0 Å². The Hall–Kier alpha value is 0.170. The molecular formula is C18H36ClN3. The highest BCUT2D eigenvalue weighted by Crippen LogP contribution is 2.33. The highest BCUT2D eigenvalue weighted by Gasteiger charge is 2.37. The Bertz CT molecular complexity index is 309. The summed E-state index contributed by atoms with van der Waals surface area (Å²) in [6.07, 6.45) is 7.50. The fraction of sp³-hybridized carbons (Fsp3) is 1.00. The van der Waals surface area contributed by atoms with E-state index in [2.05, 4.69) is 36.3 Å². The van der Waals surface area contributed by atoms with Crippen LogP contribution in [0.2, 0.25) is 0 Å². The summed E-state index contributed by atoms with van der Waals surface area (Å²) in [5.74, 6) is 0.786. The van der Waals surface area contributed by atoms with Gasteiger partial charge in [-0.15, -0.1) is 11.6 Å². The maximum atomic E-state index is 6.35. The summed E-state index contributed by atoms with van der Waals surface area (Å²) in [6.45, 7) is 11.6. The first-order valence-electron chi connectivity index (χ1n) is 9.49. The first-order valence-corrected chi connectivity index (χ1v) is 9.93. The molecule has 4 unspecified atom stereocenters. The summed E-state index contributed by atoms with van der Waals surface area (Å²) < 4.78 is 0. The molecular weight excluding hydrogens is 294 g/mol. The topological polar surface area (TPSA) is 27.3 Å². The molecule has 0 aromatic carbocycles. The van der Waals surface area contributed by atoms with Gasteiger partial charge in [0.05, 0.1) is 0 Å². The predicted molar refractivity (Wildman–Crippen MR) is 96.8 cm³/mol. The van der Waals surface area contributed by atoms with E-state index >= 15 is 0 Å². The molecule has 0 amide bonds. The Morgan fingerprint density at radius 3 is 2.73 bits per heavy atom. The predicted octanol–water partition coefficient (Wildman–Crippen LogP) is 3.22. The summed E-state index contributed by atoms with van der Waals surface area (Å²) in [7, 11) is 0. The summed E-state index contributed by atoms with van der Waals surface area (Å²) in [4.78, 5) is 2.52. The van der Waals surface area contributed by atoms with Crippen LogP contribution in [-0.2, 0) is 0 Å². The molecule has 0 radical (unpaired) electrons. The van der Waals surface area contributed by atoms with Crippen molar-refractivity contribution in [2.75, 3.05) is 26.2 Å². The van der Waals surface area contributed by atoms with Gasteiger partial charge in [-0.2, -0.15) is 0 Å². The van der Waals surface area contributed by atoms with E-state index in [9.17, 15) is 0 Å². The van der Waals surface area contributed by atoms with Crippen LogP contribution in [0.15, 0.2) is 0 Å². The molecule has 1 aliphatic heterocycles. The molecule has 1 heterocycles. The molecule has 1 saturated heterocycles. The summed E-state index contributed by atoms with van der Waals surface area (Å²) in [5.41, 5.74) is 0. The minimum atomic E-state index is 0.388. The largest absolute Gasteiger partial charge is 0.314 e. The Morgan fingerprint density at radius 2 is 2.00 bits per heavy atom. The third kappa shape index (κ3) is 5.36. The first kappa shape index (κ1) is 18.5. The maximum Gasteiger partial charge on any atom is 0.0351 e. The lowest BCUT2D eigenvalue weighted by Gasteiger charge is -2.44. The number of hydrogen-bond acceptors (Lipinski definition) is 3. The minimum Gasteiger partial charge on any atom is -0.314 e. The van der Waals surface area contributed by atoms with Gasteiger partial charge in [-0.25, -0.2) is 0 Å². The molecule has 2 aliphatic rings. The molecule has 22 heavy (non-hydrogen) atoms. The SMILES string of the molecule is CCN(CC)CCC[C@@H](C)NC1CCNC2CC(Cl)CCC21. The van der Waals surface area contributed by atoms with Crippen molar-refractivity contribution in [2.45, 2.75) is 82.8 Å². The highest BCUT2D eigenvalue weighted by molar-refractivity contribution is 6.20. The number of nitrogens with zero attached hydrogens (tertiary/aromatic N) is 1. The van der Waals surface area contributed by atoms with Crippen LogP contribution in [-0.4, -0.2) is 54.6 Å². The van der Waals surface area contributed by atoms with Crippen LogP contribution >= 0.6 is 11.6 Å². The van der Waals surface area contributed by atoms with Gasteiger partial charge in [0, 0.05) is 23.5 Å². The summed E-state index contributed by atoms with van der Waals surface area (Å²) in [5, 5.41) is 8.03. The number of fused-ring (bicyclic) bond motifs is 1. The highest BCUT2D eigenvalue weighted by atomic mass is 35.5. The van der Waals surface area contributed by atoms with Crippen molar-refractivity contribution in [1.29, 1.82) is 0 Å². The standard InChI is InChI=1S/C18H36ClN3/c1-4-22(5-2)12-6-7-14(3)21-17-10-11-20-18-13-15(19)8-9-16(17)18/h14-18,20-21H,4-13H2,1-3H3/t14-,15?,16?,17?,18?/m1/s1. The summed E-state index contributed by atoms with van der Waals surface area (Å²) >= 11 is 6.35. The number of piperidine rings is 1. The van der Waals surface area contributed by atoms with Gasteiger partial charge < -0.3 is 15.5 Å². The summed E-state index contributed by atoms with van der Waals surface area (Å²) in [6, 6.07) is 1.97. The molecule has 3 nitrogen and oxygen atoms in total. The average Bonchev–Trinajstić information content (AvgIpc) is 2.51. The average molecular weight is 330 g/mol. The van der Waals surface area contributed by atoms with Gasteiger partial charge in [0.2, 0.25) is 0 Å². The Kier molecular flexibility index (Phi) is 7.96. The van der Waals surface area contributed by atoms with Crippen LogP contribution in [0.25, 0.3) is 0 Å². The van der Waals surface area contributed by atoms with Gasteiger partial charge in [0.15, 0.2) is 0 Å². The van der Waals surface area contributed by atoms with Crippen molar-refractivity contribution in [1.82, 2.24) is 15.5 Å². The fourth-order valence-electron chi connectivity index (χ4n) is 4.31. The smallest absolute Gasteiger partial charge is 0.0351 e. The third-order valence-electron chi connectivity index (χ3n) is 5.72. The lowest BCUT2D eigenvalue weighted by Crippen LogP contribution is -2.57. The minimum absolute atomic E-state index is 0.388. The second-order valence-corrected chi connectivity index (χ2v) is 7.88. The van der Waals surface area contributed by atoms with Crippen molar-refractivity contribution in [2.24, 2.45) is 5.92 Å². The fourth-order valence-corrected chi connectivity index (χ4v) is 4.63. The molecule has 2 rings (SSSR count). The molecule has 0 spiro atoms. The van der Waals surface area contributed by atoms with Gasteiger partial charge in [0.25, 0.3) is 0 Å². The van der Waals surface area contributed by atoms with Gasteiger partial charge >= 0.3 is 0 Å². The quantitative estimate of drug-likeness (QED) is 0.669. The lowest BCUT2D eigenvalue weighted by molar-refractivity contribution is 0.153. The van der Waals surface area contributed by atoms with Gasteiger partial charge in [-0.3, -0.25) is 0 Å². The molecule has 0 aromatic heterocycles. The van der Waals surface area contributed by atoms with Crippen molar-refractivity contribution < 1.29 is 0 Å². The molecule has 130 valence electrons. The number of nitrogens with one attached hydrogen (secondary N) is 2. The van der Waals surface area contributed by atoms with Crippen molar-refractivity contribution in [3.8, 4) is 0 Å². The van der Waals surface area contributed by atoms with E-state index < -0.39 is 0 Å². The van der Waals surface area contributed by atoms with Crippen molar-refractivity contribution >= 4 is 11.6 Å². The maximum absolute atomic E-state index is 6.35. The Morgan fingerprint density at radius 1 is 1.23 bits per heavy atom. The molecule has 1 aliphatic carbocycles. The second-order valence-electron chi connectivity index (χ2n) is 7.27. The zero-order chi connectivity index (χ0) is 15.9.